The lowest BCUT2D eigenvalue weighted by atomic mass is 10.1. The van der Waals surface area contributed by atoms with E-state index in [9.17, 15) is 4.79 Å². The third-order valence-electron chi connectivity index (χ3n) is 4.20. The minimum absolute atomic E-state index is 0.137. The van der Waals surface area contributed by atoms with Crippen LogP contribution in [0.2, 0.25) is 0 Å². The van der Waals surface area contributed by atoms with Crippen molar-refractivity contribution in [2.75, 3.05) is 39.1 Å². The fourth-order valence-electron chi connectivity index (χ4n) is 3.12. The maximum Gasteiger partial charge on any atom is 0.290 e. The van der Waals surface area contributed by atoms with Crippen LogP contribution >= 0.6 is 0 Å². The van der Waals surface area contributed by atoms with Crippen LogP contribution in [0.3, 0.4) is 0 Å². The second kappa shape index (κ2) is 8.72. The Hall–Kier alpha value is -2.26. The van der Waals surface area contributed by atoms with Crippen molar-refractivity contribution >= 4 is 18.2 Å². The fourth-order valence-corrected chi connectivity index (χ4v) is 3.12. The first-order valence-electron chi connectivity index (χ1n) is 8.18. The molecule has 2 aliphatic heterocycles. The van der Waals surface area contributed by atoms with E-state index in [1.54, 1.807) is 20.3 Å². The van der Waals surface area contributed by atoms with Gasteiger partial charge in [0.05, 0.1) is 25.1 Å². The van der Waals surface area contributed by atoms with Crippen molar-refractivity contribution in [3.63, 3.8) is 0 Å². The van der Waals surface area contributed by atoms with E-state index in [1.165, 1.54) is 11.1 Å². The van der Waals surface area contributed by atoms with Crippen molar-refractivity contribution in [1.29, 1.82) is 0 Å². The van der Waals surface area contributed by atoms with Crippen molar-refractivity contribution < 1.29 is 19.4 Å². The summed E-state index contributed by atoms with van der Waals surface area (Å²) in [6.45, 7) is 4.61. The van der Waals surface area contributed by atoms with Gasteiger partial charge in [-0.15, -0.1) is 0 Å². The lowest BCUT2D eigenvalue weighted by molar-refractivity contribution is -0.122. The molecule has 0 saturated carbocycles. The maximum atomic E-state index is 11.9. The van der Waals surface area contributed by atoms with E-state index in [0.29, 0.717) is 29.7 Å². The number of carbonyl (C=O) groups excluding carboxylic acids is 1. The minimum Gasteiger partial charge on any atom is -0.483 e. The molecule has 1 aromatic rings. The molecule has 2 fully saturated rings. The highest BCUT2D eigenvalue weighted by Crippen LogP contribution is 2.24. The number of carboxylic acid groups (broad SMARTS) is 1. The molecule has 0 spiro atoms. The molecule has 3 heterocycles. The van der Waals surface area contributed by atoms with E-state index in [4.69, 9.17) is 14.6 Å². The zero-order chi connectivity index (χ0) is 18.4. The van der Waals surface area contributed by atoms with Gasteiger partial charge in [0.1, 0.15) is 11.5 Å². The van der Waals surface area contributed by atoms with Crippen LogP contribution in [0, 0.1) is 0 Å². The number of fused-ring (bicyclic) bond motifs is 1. The van der Waals surface area contributed by atoms with Gasteiger partial charge in [-0.05, 0) is 13.3 Å². The number of carbonyl (C=O) groups is 2. The summed E-state index contributed by atoms with van der Waals surface area (Å²) in [5.41, 5.74) is 0.364. The predicted molar refractivity (Wildman–Crippen MR) is 91.5 cm³/mol. The molecule has 9 heteroatoms. The van der Waals surface area contributed by atoms with E-state index < -0.39 is 0 Å². The van der Waals surface area contributed by atoms with Gasteiger partial charge in [0.15, 0.2) is 0 Å². The monoisotopic (exact) mass is 351 g/mol. The first-order valence-corrected chi connectivity index (χ1v) is 8.18. The molecule has 2 aliphatic rings. The molecule has 25 heavy (non-hydrogen) atoms. The van der Waals surface area contributed by atoms with Gasteiger partial charge < -0.3 is 20.1 Å². The largest absolute Gasteiger partial charge is 0.483 e. The normalized spacial score (nSPS) is 25.3. The van der Waals surface area contributed by atoms with Crippen LogP contribution in [-0.4, -0.2) is 89.2 Å². The Balaban J connectivity index is 0.000000701. The first kappa shape index (κ1) is 19.1. The average molecular weight is 351 g/mol. The van der Waals surface area contributed by atoms with Crippen LogP contribution in [0.4, 0.5) is 5.82 Å². The molecule has 2 N–H and O–H groups in total. The fraction of sp³-hybridized carbons (Fsp3) is 0.625. The summed E-state index contributed by atoms with van der Waals surface area (Å²) >= 11 is 0. The molecule has 0 aliphatic carbocycles. The zero-order valence-electron chi connectivity index (χ0n) is 14.8. The number of hydrogen-bond donors (Lipinski definition) is 2. The Labute approximate surface area is 147 Å². The van der Waals surface area contributed by atoms with E-state index in [1.807, 2.05) is 0 Å². The van der Waals surface area contributed by atoms with Crippen LogP contribution < -0.4 is 5.32 Å². The number of hydrogen-bond acceptors (Lipinski definition) is 7. The molecule has 9 nitrogen and oxygen atoms in total. The maximum absolute atomic E-state index is 11.9. The third kappa shape index (κ3) is 5.10. The Morgan fingerprint density at radius 3 is 2.84 bits per heavy atom. The number of morpholine rings is 1. The van der Waals surface area contributed by atoms with Crippen LogP contribution in [-0.2, 0) is 9.53 Å². The number of rotatable bonds is 3. The summed E-state index contributed by atoms with van der Waals surface area (Å²) < 4.78 is 5.72. The highest BCUT2D eigenvalue weighted by molar-refractivity contribution is 5.91. The van der Waals surface area contributed by atoms with Crippen molar-refractivity contribution in [2.45, 2.75) is 31.5 Å². The van der Waals surface area contributed by atoms with E-state index in [2.05, 4.69) is 27.1 Å². The van der Waals surface area contributed by atoms with Gasteiger partial charge in [-0.2, -0.15) is 0 Å². The Morgan fingerprint density at radius 2 is 2.16 bits per heavy atom. The van der Waals surface area contributed by atoms with Crippen LogP contribution in [0.25, 0.3) is 0 Å². The second-order valence-electron chi connectivity index (χ2n) is 6.42. The number of anilines is 1. The molecule has 0 radical (unpaired) electrons. The summed E-state index contributed by atoms with van der Waals surface area (Å²) in [5.74, 6) is 0.522. The number of aromatic nitrogens is 2. The smallest absolute Gasteiger partial charge is 0.290 e. The molecular formula is C16H25N5O4. The molecule has 1 amide bonds. The summed E-state index contributed by atoms with van der Waals surface area (Å²) in [6, 6.07) is 0.797. The van der Waals surface area contributed by atoms with Crippen molar-refractivity contribution in [1.82, 2.24) is 19.8 Å². The second-order valence-corrected chi connectivity index (χ2v) is 6.42. The van der Waals surface area contributed by atoms with Gasteiger partial charge in [-0.25, -0.2) is 4.98 Å². The van der Waals surface area contributed by atoms with Gasteiger partial charge in [0.25, 0.3) is 12.4 Å². The Bertz CT molecular complexity index is 598. The molecule has 138 valence electrons. The van der Waals surface area contributed by atoms with Crippen LogP contribution in [0.5, 0.6) is 0 Å². The van der Waals surface area contributed by atoms with Gasteiger partial charge in [-0.3, -0.25) is 19.5 Å². The van der Waals surface area contributed by atoms with Crippen molar-refractivity contribution in [2.24, 2.45) is 0 Å². The van der Waals surface area contributed by atoms with Gasteiger partial charge in [0, 0.05) is 39.3 Å². The van der Waals surface area contributed by atoms with Crippen LogP contribution in [0.1, 0.15) is 23.8 Å². The topological polar surface area (TPSA) is 108 Å². The van der Waals surface area contributed by atoms with E-state index in [-0.39, 0.29) is 12.4 Å². The number of ether oxygens (including phenoxy) is 1. The third-order valence-corrected chi connectivity index (χ3v) is 4.20. The summed E-state index contributed by atoms with van der Waals surface area (Å²) in [4.78, 5) is 32.8. The average Bonchev–Trinajstić information content (AvgIpc) is 2.96. The molecule has 3 rings (SSSR count). The summed E-state index contributed by atoms with van der Waals surface area (Å²) in [6.07, 6.45) is 4.50. The standard InChI is InChI=1S/C15H23N5O2.CH2O2/c1-10-7-20-8-11(4-12(20)9-22-10)17-14-6-16-5-13(18-14)15(21)19(2)3;2-1-3/h5-6,10-12H,4,7-9H2,1-3H3,(H,17,18);1H,(H,2,3)/t10-,11+,12-;/m0./s1. The minimum atomic E-state index is -0.250. The predicted octanol–water partition coefficient (Wildman–Crippen LogP) is 0.153. The lowest BCUT2D eigenvalue weighted by Gasteiger charge is -2.33. The lowest BCUT2D eigenvalue weighted by Crippen LogP contribution is -2.45. The van der Waals surface area contributed by atoms with Gasteiger partial charge in [0.2, 0.25) is 0 Å². The summed E-state index contributed by atoms with van der Waals surface area (Å²) in [7, 11) is 3.42. The number of amides is 1. The van der Waals surface area contributed by atoms with Crippen molar-refractivity contribution in [3.05, 3.63) is 18.1 Å². The van der Waals surface area contributed by atoms with E-state index >= 15 is 0 Å². The van der Waals surface area contributed by atoms with Crippen LogP contribution in [0.15, 0.2) is 12.4 Å². The molecular weight excluding hydrogens is 326 g/mol. The Morgan fingerprint density at radius 1 is 1.44 bits per heavy atom. The highest BCUT2D eigenvalue weighted by Gasteiger charge is 2.36. The summed E-state index contributed by atoms with van der Waals surface area (Å²) in [5, 5.41) is 10.3. The number of nitrogens with one attached hydrogen (secondary N) is 1. The van der Waals surface area contributed by atoms with Gasteiger partial charge >= 0.3 is 0 Å². The first-order chi connectivity index (χ1) is 11.9. The molecule has 0 aromatic carbocycles. The SMILES string of the molecule is C[C@H]1CN2C[C@H](Nc3cncc(C(=O)N(C)C)n3)C[C@H]2CO1.O=CO. The quantitative estimate of drug-likeness (QED) is 0.741. The number of nitrogens with zero attached hydrogens (tertiary/aromatic N) is 4. The molecule has 2 saturated heterocycles. The van der Waals surface area contributed by atoms with Gasteiger partial charge in [-0.1, -0.05) is 0 Å². The van der Waals surface area contributed by atoms with E-state index in [0.717, 1.165) is 26.1 Å². The molecule has 0 bridgehead atoms. The Kier molecular flexibility index (Phi) is 6.65. The zero-order valence-corrected chi connectivity index (χ0v) is 14.8. The molecule has 3 atom stereocenters. The van der Waals surface area contributed by atoms with Crippen molar-refractivity contribution in [3.8, 4) is 0 Å². The highest BCUT2D eigenvalue weighted by atomic mass is 16.5. The molecule has 0 unspecified atom stereocenters. The molecule has 1 aromatic heterocycles.